The van der Waals surface area contributed by atoms with Crippen LogP contribution in [0.25, 0.3) is 0 Å². The maximum atomic E-state index is 12.1. The Bertz CT molecular complexity index is 502. The number of hydrogen-bond acceptors (Lipinski definition) is 3. The van der Waals surface area contributed by atoms with Crippen molar-refractivity contribution in [1.82, 2.24) is 16.2 Å². The maximum Gasteiger partial charge on any atom is 0.261 e. The van der Waals surface area contributed by atoms with E-state index in [0.29, 0.717) is 12.0 Å². The van der Waals surface area contributed by atoms with E-state index in [2.05, 4.69) is 16.2 Å². The molecule has 0 fully saturated rings. The predicted octanol–water partition coefficient (Wildman–Crippen LogP) is 0.998. The highest BCUT2D eigenvalue weighted by Crippen LogP contribution is 2.09. The smallest absolute Gasteiger partial charge is 0.261 e. The zero-order chi connectivity index (χ0) is 15.8. The topological polar surface area (TPSA) is 87.3 Å². The third-order valence-electron chi connectivity index (χ3n) is 3.18. The minimum atomic E-state index is -0.713. The molecule has 6 heteroatoms. The van der Waals surface area contributed by atoms with E-state index in [1.165, 1.54) is 6.92 Å². The summed E-state index contributed by atoms with van der Waals surface area (Å²) >= 11 is 0. The van der Waals surface area contributed by atoms with Crippen molar-refractivity contribution < 1.29 is 14.4 Å². The molecule has 1 aromatic carbocycles. The van der Waals surface area contributed by atoms with Crippen molar-refractivity contribution in [2.75, 3.05) is 0 Å². The van der Waals surface area contributed by atoms with Gasteiger partial charge in [0, 0.05) is 12.5 Å². The first kappa shape index (κ1) is 16.7. The molecule has 3 N–H and O–H groups in total. The Hall–Kier alpha value is -2.37. The summed E-state index contributed by atoms with van der Waals surface area (Å²) in [6, 6.07) is 7.96. The van der Waals surface area contributed by atoms with E-state index >= 15 is 0 Å². The SMILES string of the molecule is CCC(C)C(NC(=O)c1ccccc1)C(=O)NNC(C)=O. The standard InChI is InChI=1S/C15H21N3O3/c1-4-10(2)13(15(21)18-17-11(3)19)16-14(20)12-8-6-5-7-9-12/h5-10,13H,4H2,1-3H3,(H,16,20)(H,17,19)(H,18,21). The number of benzene rings is 1. The van der Waals surface area contributed by atoms with Crippen LogP contribution in [0, 0.1) is 5.92 Å². The van der Waals surface area contributed by atoms with Crippen LogP contribution in [0.15, 0.2) is 30.3 Å². The average molecular weight is 291 g/mol. The third-order valence-corrected chi connectivity index (χ3v) is 3.18. The molecule has 21 heavy (non-hydrogen) atoms. The van der Waals surface area contributed by atoms with Crippen LogP contribution in [0.1, 0.15) is 37.6 Å². The molecule has 1 rings (SSSR count). The average Bonchev–Trinajstić information content (AvgIpc) is 2.50. The van der Waals surface area contributed by atoms with Gasteiger partial charge in [-0.3, -0.25) is 25.2 Å². The van der Waals surface area contributed by atoms with Crippen LogP contribution in [0.5, 0.6) is 0 Å². The van der Waals surface area contributed by atoms with Crippen molar-refractivity contribution in [3.05, 3.63) is 35.9 Å². The molecule has 0 aliphatic carbocycles. The summed E-state index contributed by atoms with van der Waals surface area (Å²) in [7, 11) is 0. The van der Waals surface area contributed by atoms with Gasteiger partial charge in [-0.2, -0.15) is 0 Å². The quantitative estimate of drug-likeness (QED) is 0.707. The first-order valence-corrected chi connectivity index (χ1v) is 6.88. The van der Waals surface area contributed by atoms with Gasteiger partial charge in [-0.1, -0.05) is 38.5 Å². The number of nitrogens with one attached hydrogen (secondary N) is 3. The summed E-state index contributed by atoms with van der Waals surface area (Å²) < 4.78 is 0. The van der Waals surface area contributed by atoms with E-state index < -0.39 is 11.9 Å². The Kier molecular flexibility index (Phi) is 6.39. The zero-order valence-electron chi connectivity index (χ0n) is 12.5. The van der Waals surface area contributed by atoms with Crippen molar-refractivity contribution >= 4 is 17.7 Å². The van der Waals surface area contributed by atoms with Crippen molar-refractivity contribution in [1.29, 1.82) is 0 Å². The Labute approximate surface area is 124 Å². The van der Waals surface area contributed by atoms with Crippen molar-refractivity contribution in [3.63, 3.8) is 0 Å². The number of hydrogen-bond donors (Lipinski definition) is 3. The van der Waals surface area contributed by atoms with Gasteiger partial charge < -0.3 is 5.32 Å². The fourth-order valence-electron chi connectivity index (χ4n) is 1.74. The molecule has 0 saturated heterocycles. The Balaban J connectivity index is 2.76. The second-order valence-electron chi connectivity index (χ2n) is 4.87. The van der Waals surface area contributed by atoms with Crippen LogP contribution in [0.3, 0.4) is 0 Å². The number of carbonyl (C=O) groups excluding carboxylic acids is 3. The Morgan fingerprint density at radius 2 is 1.71 bits per heavy atom. The fraction of sp³-hybridized carbons (Fsp3) is 0.400. The van der Waals surface area contributed by atoms with E-state index in [0.717, 1.165) is 0 Å². The lowest BCUT2D eigenvalue weighted by Crippen LogP contribution is -2.54. The van der Waals surface area contributed by atoms with Gasteiger partial charge in [-0.15, -0.1) is 0 Å². The molecule has 0 radical (unpaired) electrons. The number of rotatable bonds is 5. The summed E-state index contributed by atoms with van der Waals surface area (Å²) in [4.78, 5) is 35.1. The van der Waals surface area contributed by atoms with Gasteiger partial charge >= 0.3 is 0 Å². The van der Waals surface area contributed by atoms with E-state index in [9.17, 15) is 14.4 Å². The minimum absolute atomic E-state index is 0.0635. The second kappa shape index (κ2) is 8.04. The van der Waals surface area contributed by atoms with Gasteiger partial charge in [-0.05, 0) is 18.1 Å². The highest BCUT2D eigenvalue weighted by atomic mass is 16.2. The van der Waals surface area contributed by atoms with Crippen molar-refractivity contribution in [3.8, 4) is 0 Å². The molecule has 0 bridgehead atoms. The Morgan fingerprint density at radius 3 is 2.24 bits per heavy atom. The van der Waals surface area contributed by atoms with Crippen LogP contribution in [-0.2, 0) is 9.59 Å². The summed E-state index contributed by atoms with van der Waals surface area (Å²) in [5.74, 6) is -1.20. The van der Waals surface area contributed by atoms with E-state index in [1.807, 2.05) is 19.9 Å². The molecule has 114 valence electrons. The molecule has 0 aromatic heterocycles. The molecule has 0 aliphatic rings. The highest BCUT2D eigenvalue weighted by Gasteiger charge is 2.26. The Morgan fingerprint density at radius 1 is 1.10 bits per heavy atom. The lowest BCUT2D eigenvalue weighted by molar-refractivity contribution is -0.129. The fourth-order valence-corrected chi connectivity index (χ4v) is 1.74. The molecule has 3 amide bonds. The van der Waals surface area contributed by atoms with Crippen LogP contribution in [-0.4, -0.2) is 23.8 Å². The molecule has 0 spiro atoms. The van der Waals surface area contributed by atoms with Crippen LogP contribution in [0.4, 0.5) is 0 Å². The first-order valence-electron chi connectivity index (χ1n) is 6.88. The van der Waals surface area contributed by atoms with E-state index in [4.69, 9.17) is 0 Å². The van der Waals surface area contributed by atoms with Gasteiger partial charge in [-0.25, -0.2) is 0 Å². The van der Waals surface area contributed by atoms with Gasteiger partial charge in [0.2, 0.25) is 5.91 Å². The number of hydrazine groups is 1. The lowest BCUT2D eigenvalue weighted by atomic mass is 9.98. The molecule has 6 nitrogen and oxygen atoms in total. The van der Waals surface area contributed by atoms with Gasteiger partial charge in [0.15, 0.2) is 0 Å². The van der Waals surface area contributed by atoms with E-state index in [-0.39, 0.29) is 17.7 Å². The molecule has 1 aromatic rings. The van der Waals surface area contributed by atoms with E-state index in [1.54, 1.807) is 24.3 Å². The molecule has 0 saturated carbocycles. The minimum Gasteiger partial charge on any atom is -0.340 e. The van der Waals surface area contributed by atoms with Crippen LogP contribution in [0.2, 0.25) is 0 Å². The lowest BCUT2D eigenvalue weighted by Gasteiger charge is -2.23. The molecule has 2 unspecified atom stereocenters. The highest BCUT2D eigenvalue weighted by molar-refractivity contribution is 5.97. The summed E-state index contributed by atoms with van der Waals surface area (Å²) in [5.41, 5.74) is 5.01. The van der Waals surface area contributed by atoms with Crippen LogP contribution >= 0.6 is 0 Å². The molecule has 0 aliphatic heterocycles. The molecule has 2 atom stereocenters. The molecule has 0 heterocycles. The van der Waals surface area contributed by atoms with Gasteiger partial charge in [0.1, 0.15) is 6.04 Å². The van der Waals surface area contributed by atoms with Crippen molar-refractivity contribution in [2.24, 2.45) is 5.92 Å². The number of amides is 3. The van der Waals surface area contributed by atoms with Gasteiger partial charge in [0.05, 0.1) is 0 Å². The largest absolute Gasteiger partial charge is 0.340 e. The number of carbonyl (C=O) groups is 3. The predicted molar refractivity (Wildman–Crippen MR) is 79.1 cm³/mol. The first-order chi connectivity index (χ1) is 9.95. The molecular formula is C15H21N3O3. The monoisotopic (exact) mass is 291 g/mol. The summed E-state index contributed by atoms with van der Waals surface area (Å²) in [5, 5.41) is 2.71. The maximum absolute atomic E-state index is 12.1. The molecular weight excluding hydrogens is 270 g/mol. The summed E-state index contributed by atoms with van der Waals surface area (Å²) in [6.45, 7) is 5.09. The zero-order valence-corrected chi connectivity index (χ0v) is 12.5. The summed E-state index contributed by atoms with van der Waals surface area (Å²) in [6.07, 6.45) is 0.716. The van der Waals surface area contributed by atoms with Crippen LogP contribution < -0.4 is 16.2 Å². The third kappa shape index (κ3) is 5.25. The van der Waals surface area contributed by atoms with Gasteiger partial charge in [0.25, 0.3) is 11.8 Å². The van der Waals surface area contributed by atoms with Crippen molar-refractivity contribution in [2.45, 2.75) is 33.2 Å². The normalized spacial score (nSPS) is 12.9. The second-order valence-corrected chi connectivity index (χ2v) is 4.87.